The minimum absolute atomic E-state index is 0.0339. The Morgan fingerprint density at radius 2 is 2.22 bits per heavy atom. The van der Waals surface area contributed by atoms with Crippen molar-refractivity contribution in [3.63, 3.8) is 0 Å². The Bertz CT molecular complexity index is 677. The number of hydrogen-bond donors (Lipinski definition) is 1. The van der Waals surface area contributed by atoms with Crippen LogP contribution in [-0.4, -0.2) is 23.2 Å². The molecule has 1 aliphatic rings. The molecule has 0 bridgehead atoms. The summed E-state index contributed by atoms with van der Waals surface area (Å²) in [6.45, 7) is 4.50. The van der Waals surface area contributed by atoms with Gasteiger partial charge in [-0.05, 0) is 44.2 Å². The molecule has 1 heterocycles. The van der Waals surface area contributed by atoms with Gasteiger partial charge in [0.15, 0.2) is 0 Å². The van der Waals surface area contributed by atoms with Gasteiger partial charge in [0.05, 0.1) is 11.4 Å². The van der Waals surface area contributed by atoms with Gasteiger partial charge < -0.3 is 9.73 Å². The van der Waals surface area contributed by atoms with Crippen LogP contribution in [0.15, 0.2) is 33.9 Å². The fourth-order valence-corrected chi connectivity index (χ4v) is 3.73. The number of oxazole rings is 1. The van der Waals surface area contributed by atoms with E-state index in [1.807, 2.05) is 13.8 Å². The van der Waals surface area contributed by atoms with Gasteiger partial charge in [0.2, 0.25) is 5.91 Å². The molecule has 0 aliphatic heterocycles. The Morgan fingerprint density at radius 3 is 3.00 bits per heavy atom. The summed E-state index contributed by atoms with van der Waals surface area (Å²) >= 11 is 1.35. The van der Waals surface area contributed by atoms with Crippen molar-refractivity contribution in [1.82, 2.24) is 10.3 Å². The van der Waals surface area contributed by atoms with Crippen LogP contribution in [0.4, 0.5) is 0 Å². The Kier molecular flexibility index (Phi) is 5.06. The first kappa shape index (κ1) is 16.1. The highest BCUT2D eigenvalue weighted by Crippen LogP contribution is 2.30. The lowest BCUT2D eigenvalue weighted by Crippen LogP contribution is -2.31. The number of carbonyl (C=O) groups is 1. The summed E-state index contributed by atoms with van der Waals surface area (Å²) in [5, 5.41) is 3.62. The minimum Gasteiger partial charge on any atom is -0.437 e. The molecular formula is C18H22N2O2S. The summed E-state index contributed by atoms with van der Waals surface area (Å²) in [4.78, 5) is 16.3. The number of amides is 1. The van der Waals surface area contributed by atoms with Crippen LogP contribution >= 0.6 is 11.8 Å². The van der Waals surface area contributed by atoms with Crippen molar-refractivity contribution in [3.05, 3.63) is 46.8 Å². The summed E-state index contributed by atoms with van der Waals surface area (Å²) in [6, 6.07) is 8.57. The van der Waals surface area contributed by atoms with Crippen molar-refractivity contribution in [2.75, 3.05) is 12.3 Å². The van der Waals surface area contributed by atoms with Crippen LogP contribution in [-0.2, 0) is 11.2 Å². The van der Waals surface area contributed by atoms with Crippen molar-refractivity contribution in [2.24, 2.45) is 0 Å². The van der Waals surface area contributed by atoms with Crippen LogP contribution in [0.5, 0.6) is 0 Å². The molecule has 1 amide bonds. The Balaban J connectivity index is 1.50. The predicted octanol–water partition coefficient (Wildman–Crippen LogP) is 3.62. The van der Waals surface area contributed by atoms with E-state index >= 15 is 0 Å². The van der Waals surface area contributed by atoms with E-state index < -0.39 is 0 Å². The molecule has 0 radical (unpaired) electrons. The standard InChI is InChI=1S/C18H22N2O2S/c1-12-13(2)22-18(20-12)23-11-17(21)19-10-15-8-5-7-14-6-3-4-9-16(14)15/h3-4,6,9,15H,5,7-8,10-11H2,1-2H3,(H,19,21)/t15-/m0/s1. The normalized spacial score (nSPS) is 16.9. The first-order chi connectivity index (χ1) is 11.1. The van der Waals surface area contributed by atoms with E-state index in [9.17, 15) is 4.79 Å². The van der Waals surface area contributed by atoms with Gasteiger partial charge in [-0.3, -0.25) is 4.79 Å². The number of hydrogen-bond acceptors (Lipinski definition) is 4. The van der Waals surface area contributed by atoms with Crippen LogP contribution in [0.2, 0.25) is 0 Å². The number of nitrogens with zero attached hydrogens (tertiary/aromatic N) is 1. The fraction of sp³-hybridized carbons (Fsp3) is 0.444. The number of nitrogens with one attached hydrogen (secondary N) is 1. The average Bonchev–Trinajstić information content (AvgIpc) is 2.89. The number of thioether (sulfide) groups is 1. The molecule has 1 aromatic heterocycles. The third kappa shape index (κ3) is 3.96. The average molecular weight is 330 g/mol. The fourth-order valence-electron chi connectivity index (χ4n) is 2.99. The molecule has 1 aliphatic carbocycles. The van der Waals surface area contributed by atoms with Gasteiger partial charge in [-0.25, -0.2) is 4.98 Å². The molecule has 0 fully saturated rings. The van der Waals surface area contributed by atoms with Crippen molar-refractivity contribution >= 4 is 17.7 Å². The molecule has 0 saturated heterocycles. The third-order valence-corrected chi connectivity index (χ3v) is 5.20. The summed E-state index contributed by atoms with van der Waals surface area (Å²) in [6.07, 6.45) is 3.49. The molecule has 1 aromatic carbocycles. The summed E-state index contributed by atoms with van der Waals surface area (Å²) < 4.78 is 5.48. The first-order valence-electron chi connectivity index (χ1n) is 8.05. The van der Waals surface area contributed by atoms with Crippen LogP contribution in [0.25, 0.3) is 0 Å². The van der Waals surface area contributed by atoms with Gasteiger partial charge in [-0.2, -0.15) is 0 Å². The summed E-state index contributed by atoms with van der Waals surface area (Å²) in [5.41, 5.74) is 3.70. The lowest BCUT2D eigenvalue weighted by Gasteiger charge is -2.25. The van der Waals surface area contributed by atoms with E-state index in [1.54, 1.807) is 0 Å². The maximum absolute atomic E-state index is 12.1. The maximum atomic E-state index is 12.1. The molecule has 0 saturated carbocycles. The zero-order chi connectivity index (χ0) is 16.2. The van der Waals surface area contributed by atoms with Crippen LogP contribution in [0.1, 0.15) is 41.3 Å². The molecule has 5 heteroatoms. The lowest BCUT2D eigenvalue weighted by atomic mass is 9.83. The smallest absolute Gasteiger partial charge is 0.256 e. The second-order valence-corrected chi connectivity index (χ2v) is 6.93. The monoisotopic (exact) mass is 330 g/mol. The molecule has 1 N–H and O–H groups in total. The van der Waals surface area contributed by atoms with E-state index in [0.29, 0.717) is 23.4 Å². The quantitative estimate of drug-likeness (QED) is 0.851. The van der Waals surface area contributed by atoms with E-state index in [4.69, 9.17) is 4.42 Å². The van der Waals surface area contributed by atoms with Gasteiger partial charge in [0.25, 0.3) is 5.22 Å². The van der Waals surface area contributed by atoms with Gasteiger partial charge in [-0.1, -0.05) is 36.0 Å². The molecule has 23 heavy (non-hydrogen) atoms. The van der Waals surface area contributed by atoms with Gasteiger partial charge in [0.1, 0.15) is 5.76 Å². The molecule has 3 rings (SSSR count). The molecule has 122 valence electrons. The lowest BCUT2D eigenvalue weighted by molar-refractivity contribution is -0.118. The minimum atomic E-state index is 0.0339. The van der Waals surface area contributed by atoms with E-state index in [1.165, 1.54) is 29.3 Å². The van der Waals surface area contributed by atoms with Crippen molar-refractivity contribution < 1.29 is 9.21 Å². The van der Waals surface area contributed by atoms with E-state index in [2.05, 4.69) is 34.6 Å². The Labute approximate surface area is 141 Å². The van der Waals surface area contributed by atoms with Gasteiger partial charge in [-0.15, -0.1) is 0 Å². The highest BCUT2D eigenvalue weighted by molar-refractivity contribution is 7.99. The Hall–Kier alpha value is -1.75. The third-order valence-electron chi connectivity index (χ3n) is 4.37. The number of rotatable bonds is 5. The van der Waals surface area contributed by atoms with E-state index in [0.717, 1.165) is 24.3 Å². The zero-order valence-corrected chi connectivity index (χ0v) is 14.4. The van der Waals surface area contributed by atoms with Crippen LogP contribution in [0.3, 0.4) is 0 Å². The van der Waals surface area contributed by atoms with Gasteiger partial charge in [0, 0.05) is 12.5 Å². The summed E-state index contributed by atoms with van der Waals surface area (Å²) in [5.74, 6) is 1.62. The molecule has 2 aromatic rings. The molecule has 4 nitrogen and oxygen atoms in total. The topological polar surface area (TPSA) is 55.1 Å². The molecule has 0 spiro atoms. The van der Waals surface area contributed by atoms with Crippen molar-refractivity contribution in [2.45, 2.75) is 44.3 Å². The van der Waals surface area contributed by atoms with Crippen molar-refractivity contribution in [1.29, 1.82) is 0 Å². The zero-order valence-electron chi connectivity index (χ0n) is 13.6. The number of aryl methyl sites for hydroxylation is 3. The number of fused-ring (bicyclic) bond motifs is 1. The molecule has 0 unspecified atom stereocenters. The molecule has 1 atom stereocenters. The SMILES string of the molecule is Cc1nc(SCC(=O)NC[C@@H]2CCCc3ccccc32)oc1C. The second-order valence-electron chi connectivity index (χ2n) is 6.00. The van der Waals surface area contributed by atoms with E-state index in [-0.39, 0.29) is 5.91 Å². The second kappa shape index (κ2) is 7.21. The first-order valence-corrected chi connectivity index (χ1v) is 9.03. The highest BCUT2D eigenvalue weighted by atomic mass is 32.2. The Morgan fingerprint density at radius 1 is 1.39 bits per heavy atom. The van der Waals surface area contributed by atoms with Crippen LogP contribution in [0, 0.1) is 13.8 Å². The highest BCUT2D eigenvalue weighted by Gasteiger charge is 2.20. The van der Waals surface area contributed by atoms with Gasteiger partial charge >= 0.3 is 0 Å². The van der Waals surface area contributed by atoms with Crippen molar-refractivity contribution in [3.8, 4) is 0 Å². The number of benzene rings is 1. The van der Waals surface area contributed by atoms with Crippen LogP contribution < -0.4 is 5.32 Å². The summed E-state index contributed by atoms with van der Waals surface area (Å²) in [7, 11) is 0. The molecular weight excluding hydrogens is 308 g/mol. The number of aromatic nitrogens is 1. The number of carbonyl (C=O) groups excluding carboxylic acids is 1. The maximum Gasteiger partial charge on any atom is 0.256 e. The predicted molar refractivity (Wildman–Crippen MR) is 91.8 cm³/mol. The largest absolute Gasteiger partial charge is 0.437 e.